The van der Waals surface area contributed by atoms with E-state index >= 15 is 0 Å². The highest BCUT2D eigenvalue weighted by molar-refractivity contribution is 5.63. The van der Waals surface area contributed by atoms with E-state index in [9.17, 15) is 0 Å². The zero-order valence-electron chi connectivity index (χ0n) is 12.4. The van der Waals surface area contributed by atoms with Crippen molar-refractivity contribution >= 4 is 23.1 Å². The summed E-state index contributed by atoms with van der Waals surface area (Å²) in [5, 5.41) is 6.45. The minimum atomic E-state index is 0.652. The molecule has 1 heterocycles. The van der Waals surface area contributed by atoms with Crippen molar-refractivity contribution in [2.24, 2.45) is 0 Å². The first-order chi connectivity index (χ1) is 9.58. The smallest absolute Gasteiger partial charge is 0.224 e. The van der Waals surface area contributed by atoms with Gasteiger partial charge in [0.1, 0.15) is 5.82 Å². The highest BCUT2D eigenvalue weighted by Gasteiger charge is 2.03. The summed E-state index contributed by atoms with van der Waals surface area (Å²) in [6, 6.07) is 10.1. The average Bonchev–Trinajstić information content (AvgIpc) is 2.38. The summed E-state index contributed by atoms with van der Waals surface area (Å²) in [6.45, 7) is 4.79. The van der Waals surface area contributed by atoms with E-state index in [-0.39, 0.29) is 0 Å². The van der Waals surface area contributed by atoms with E-state index in [0.29, 0.717) is 5.95 Å². The van der Waals surface area contributed by atoms with Crippen molar-refractivity contribution in [1.29, 1.82) is 0 Å². The third-order valence-corrected chi connectivity index (χ3v) is 2.82. The van der Waals surface area contributed by atoms with Gasteiger partial charge in [0.05, 0.1) is 0 Å². The van der Waals surface area contributed by atoms with E-state index in [1.54, 1.807) is 0 Å². The molecule has 0 unspecified atom stereocenters. The quantitative estimate of drug-likeness (QED) is 0.875. The number of hydrogen-bond donors (Lipinski definition) is 2. The topological polar surface area (TPSA) is 53.1 Å². The van der Waals surface area contributed by atoms with Crippen LogP contribution in [0.5, 0.6) is 0 Å². The Balaban J connectivity index is 2.23. The molecule has 20 heavy (non-hydrogen) atoms. The van der Waals surface area contributed by atoms with Crippen LogP contribution < -0.4 is 15.5 Å². The maximum atomic E-state index is 4.45. The van der Waals surface area contributed by atoms with Gasteiger partial charge in [0.2, 0.25) is 5.95 Å². The van der Waals surface area contributed by atoms with E-state index in [1.165, 1.54) is 0 Å². The normalized spacial score (nSPS) is 10.2. The van der Waals surface area contributed by atoms with Crippen molar-refractivity contribution in [3.8, 4) is 0 Å². The Morgan fingerprint density at radius 3 is 2.65 bits per heavy atom. The molecule has 0 radical (unpaired) electrons. The lowest BCUT2D eigenvalue weighted by Gasteiger charge is -2.14. The molecule has 0 saturated heterocycles. The molecular formula is C15H21N5. The van der Waals surface area contributed by atoms with Crippen LogP contribution in [0.3, 0.4) is 0 Å². The Kier molecular flexibility index (Phi) is 4.40. The Morgan fingerprint density at radius 1 is 1.15 bits per heavy atom. The van der Waals surface area contributed by atoms with Crippen LogP contribution in [0.2, 0.25) is 0 Å². The fourth-order valence-electron chi connectivity index (χ4n) is 1.88. The molecule has 0 saturated carbocycles. The number of nitrogens with one attached hydrogen (secondary N) is 2. The van der Waals surface area contributed by atoms with Crippen LogP contribution in [-0.4, -0.2) is 30.6 Å². The lowest BCUT2D eigenvalue weighted by atomic mass is 10.2. The number of anilines is 4. The predicted molar refractivity (Wildman–Crippen MR) is 85.0 cm³/mol. The van der Waals surface area contributed by atoms with Crippen molar-refractivity contribution in [2.45, 2.75) is 13.8 Å². The SMILES string of the molecule is CCNc1nc(C)cc(Nc2cccc(N(C)C)c2)n1. The summed E-state index contributed by atoms with van der Waals surface area (Å²) in [5.41, 5.74) is 3.09. The van der Waals surface area contributed by atoms with Crippen molar-refractivity contribution < 1.29 is 0 Å². The van der Waals surface area contributed by atoms with Crippen molar-refractivity contribution in [2.75, 3.05) is 36.2 Å². The standard InChI is InChI=1S/C15H21N5/c1-5-16-15-17-11(2)9-14(19-15)18-12-7-6-8-13(10-12)20(3)4/h6-10H,5H2,1-4H3,(H2,16,17,18,19). The number of aromatic nitrogens is 2. The first kappa shape index (κ1) is 14.1. The van der Waals surface area contributed by atoms with Gasteiger partial charge in [0.15, 0.2) is 0 Å². The lowest BCUT2D eigenvalue weighted by Crippen LogP contribution is -2.09. The molecule has 2 rings (SSSR count). The Hall–Kier alpha value is -2.30. The van der Waals surface area contributed by atoms with Crippen LogP contribution in [0.15, 0.2) is 30.3 Å². The van der Waals surface area contributed by atoms with Crippen LogP contribution in [0, 0.1) is 6.92 Å². The second-order valence-electron chi connectivity index (χ2n) is 4.82. The number of nitrogens with zero attached hydrogens (tertiary/aromatic N) is 3. The highest BCUT2D eigenvalue weighted by Crippen LogP contribution is 2.21. The maximum Gasteiger partial charge on any atom is 0.224 e. The highest BCUT2D eigenvalue weighted by atomic mass is 15.1. The zero-order valence-corrected chi connectivity index (χ0v) is 12.4. The van der Waals surface area contributed by atoms with E-state index in [0.717, 1.165) is 29.4 Å². The first-order valence-electron chi connectivity index (χ1n) is 6.72. The minimum absolute atomic E-state index is 0.652. The maximum absolute atomic E-state index is 4.45. The second kappa shape index (κ2) is 6.23. The van der Waals surface area contributed by atoms with Gasteiger partial charge in [0.25, 0.3) is 0 Å². The third kappa shape index (κ3) is 3.60. The molecule has 0 aliphatic rings. The van der Waals surface area contributed by atoms with Gasteiger partial charge < -0.3 is 15.5 Å². The Morgan fingerprint density at radius 2 is 1.95 bits per heavy atom. The summed E-state index contributed by atoms with van der Waals surface area (Å²) in [4.78, 5) is 10.9. The number of rotatable bonds is 5. The molecule has 1 aromatic heterocycles. The van der Waals surface area contributed by atoms with Gasteiger partial charge in [-0.25, -0.2) is 4.98 Å². The summed E-state index contributed by atoms with van der Waals surface area (Å²) in [7, 11) is 4.05. The lowest BCUT2D eigenvalue weighted by molar-refractivity contribution is 1.05. The van der Waals surface area contributed by atoms with Gasteiger partial charge in [-0.05, 0) is 32.0 Å². The number of benzene rings is 1. The summed E-state index contributed by atoms with van der Waals surface area (Å²) >= 11 is 0. The molecule has 2 N–H and O–H groups in total. The van der Waals surface area contributed by atoms with Gasteiger partial charge in [-0.1, -0.05) is 6.07 Å². The van der Waals surface area contributed by atoms with Crippen LogP contribution in [0.4, 0.5) is 23.1 Å². The molecule has 0 spiro atoms. The molecule has 5 heteroatoms. The molecule has 2 aromatic rings. The molecule has 0 aliphatic carbocycles. The molecule has 0 atom stereocenters. The minimum Gasteiger partial charge on any atom is -0.378 e. The molecule has 0 amide bonds. The monoisotopic (exact) mass is 271 g/mol. The molecule has 0 fully saturated rings. The molecular weight excluding hydrogens is 250 g/mol. The molecule has 0 bridgehead atoms. The molecule has 0 aliphatic heterocycles. The van der Waals surface area contributed by atoms with E-state index < -0.39 is 0 Å². The second-order valence-corrected chi connectivity index (χ2v) is 4.82. The summed E-state index contributed by atoms with van der Waals surface area (Å²) in [5.74, 6) is 1.45. The van der Waals surface area contributed by atoms with E-state index in [1.807, 2.05) is 46.1 Å². The number of aryl methyl sites for hydroxylation is 1. The average molecular weight is 271 g/mol. The van der Waals surface area contributed by atoms with E-state index in [2.05, 4.69) is 37.6 Å². The fourth-order valence-corrected chi connectivity index (χ4v) is 1.88. The van der Waals surface area contributed by atoms with Crippen molar-refractivity contribution in [1.82, 2.24) is 9.97 Å². The van der Waals surface area contributed by atoms with Gasteiger partial charge in [-0.15, -0.1) is 0 Å². The summed E-state index contributed by atoms with van der Waals surface area (Å²) < 4.78 is 0. The largest absolute Gasteiger partial charge is 0.378 e. The predicted octanol–water partition coefficient (Wildman–Crippen LogP) is 3.03. The van der Waals surface area contributed by atoms with Crippen molar-refractivity contribution in [3.05, 3.63) is 36.0 Å². The van der Waals surface area contributed by atoms with Gasteiger partial charge in [0, 0.05) is 43.8 Å². The molecule has 1 aromatic carbocycles. The van der Waals surface area contributed by atoms with Crippen LogP contribution >= 0.6 is 0 Å². The van der Waals surface area contributed by atoms with Gasteiger partial charge >= 0.3 is 0 Å². The Labute approximate surface area is 120 Å². The zero-order chi connectivity index (χ0) is 14.5. The van der Waals surface area contributed by atoms with Gasteiger partial charge in [-0.3, -0.25) is 0 Å². The third-order valence-electron chi connectivity index (χ3n) is 2.82. The molecule has 106 valence electrons. The van der Waals surface area contributed by atoms with Crippen LogP contribution in [0.1, 0.15) is 12.6 Å². The first-order valence-corrected chi connectivity index (χ1v) is 6.72. The van der Waals surface area contributed by atoms with Crippen LogP contribution in [-0.2, 0) is 0 Å². The summed E-state index contributed by atoms with van der Waals surface area (Å²) in [6.07, 6.45) is 0. The van der Waals surface area contributed by atoms with Crippen LogP contribution in [0.25, 0.3) is 0 Å². The van der Waals surface area contributed by atoms with Crippen molar-refractivity contribution in [3.63, 3.8) is 0 Å². The Bertz CT molecular complexity index is 580. The number of hydrogen-bond acceptors (Lipinski definition) is 5. The van der Waals surface area contributed by atoms with E-state index in [4.69, 9.17) is 0 Å². The van der Waals surface area contributed by atoms with Gasteiger partial charge in [-0.2, -0.15) is 4.98 Å². The fraction of sp³-hybridized carbons (Fsp3) is 0.333. The molecule has 5 nitrogen and oxygen atoms in total.